The van der Waals surface area contributed by atoms with Crippen molar-refractivity contribution in [3.63, 3.8) is 0 Å². The highest BCUT2D eigenvalue weighted by molar-refractivity contribution is 7.89. The highest BCUT2D eigenvalue weighted by Gasteiger charge is 2.31. The second kappa shape index (κ2) is 8.06. The number of carbonyl (C=O) groups excluding carboxylic acids is 1. The van der Waals surface area contributed by atoms with Gasteiger partial charge in [0.15, 0.2) is 0 Å². The van der Waals surface area contributed by atoms with Gasteiger partial charge in [-0.2, -0.15) is 4.31 Å². The van der Waals surface area contributed by atoms with Gasteiger partial charge in [-0.15, -0.1) is 0 Å². The Morgan fingerprint density at radius 2 is 1.88 bits per heavy atom. The molecule has 0 bridgehead atoms. The molecule has 1 saturated heterocycles. The fraction of sp³-hybridized carbons (Fsp3) is 0.632. The molecule has 1 aliphatic carbocycles. The van der Waals surface area contributed by atoms with Crippen LogP contribution in [0.4, 0.5) is 0 Å². The van der Waals surface area contributed by atoms with Crippen LogP contribution in [-0.4, -0.2) is 43.8 Å². The Morgan fingerprint density at radius 3 is 2.54 bits per heavy atom. The van der Waals surface area contributed by atoms with Crippen LogP contribution < -0.4 is 11.1 Å². The fourth-order valence-corrected chi connectivity index (χ4v) is 5.80. The Labute approximate surface area is 156 Å². The average Bonchev–Trinajstić information content (AvgIpc) is 3.09. The second-order valence-electron chi connectivity index (χ2n) is 7.49. The van der Waals surface area contributed by atoms with Crippen molar-refractivity contribution in [2.45, 2.75) is 62.4 Å². The van der Waals surface area contributed by atoms with Gasteiger partial charge in [0, 0.05) is 24.2 Å². The lowest BCUT2D eigenvalue weighted by atomic mass is 10.0. The van der Waals surface area contributed by atoms with Crippen molar-refractivity contribution in [3.8, 4) is 0 Å². The molecule has 2 aliphatic rings. The lowest BCUT2D eigenvalue weighted by molar-refractivity contribution is 0.0928. The number of nitrogens with one attached hydrogen (secondary N) is 1. The first-order chi connectivity index (χ1) is 12.4. The summed E-state index contributed by atoms with van der Waals surface area (Å²) >= 11 is 0. The van der Waals surface area contributed by atoms with Crippen molar-refractivity contribution in [3.05, 3.63) is 29.8 Å². The number of piperidine rings is 1. The summed E-state index contributed by atoms with van der Waals surface area (Å²) in [5.74, 6) is 0.171. The number of hydrogen-bond acceptors (Lipinski definition) is 4. The summed E-state index contributed by atoms with van der Waals surface area (Å²) in [4.78, 5) is 12.7. The summed E-state index contributed by atoms with van der Waals surface area (Å²) < 4.78 is 27.3. The van der Waals surface area contributed by atoms with Crippen molar-refractivity contribution in [2.24, 2.45) is 11.7 Å². The highest BCUT2D eigenvalue weighted by Crippen LogP contribution is 2.26. The van der Waals surface area contributed by atoms with E-state index in [9.17, 15) is 13.2 Å². The number of carbonyl (C=O) groups is 1. The van der Waals surface area contributed by atoms with Crippen LogP contribution in [0.2, 0.25) is 0 Å². The smallest absolute Gasteiger partial charge is 0.251 e. The molecule has 6 nitrogen and oxygen atoms in total. The molecule has 0 radical (unpaired) electrons. The largest absolute Gasteiger partial charge is 0.349 e. The number of nitrogens with zero attached hydrogens (tertiary/aromatic N) is 1. The minimum atomic E-state index is -3.50. The standard InChI is InChI=1S/C19H29N3O3S/c1-14-5-2-3-12-22(14)26(24,25)17-10-8-15(9-11-17)19(23)21-18-7-4-6-16(18)13-20/h8-11,14,16,18H,2-7,12-13,20H2,1H3,(H,21,23). The molecular formula is C19H29N3O3S. The zero-order valence-corrected chi connectivity index (χ0v) is 16.2. The van der Waals surface area contributed by atoms with Crippen molar-refractivity contribution in [2.75, 3.05) is 13.1 Å². The number of sulfonamides is 1. The molecule has 1 aromatic carbocycles. The van der Waals surface area contributed by atoms with Crippen molar-refractivity contribution >= 4 is 15.9 Å². The summed E-state index contributed by atoms with van der Waals surface area (Å²) in [5.41, 5.74) is 6.25. The third kappa shape index (κ3) is 3.94. The van der Waals surface area contributed by atoms with E-state index in [0.717, 1.165) is 38.5 Å². The van der Waals surface area contributed by atoms with Gasteiger partial charge in [-0.05, 0) is 69.3 Å². The van der Waals surface area contributed by atoms with Crippen LogP contribution >= 0.6 is 0 Å². The van der Waals surface area contributed by atoms with Gasteiger partial charge in [-0.3, -0.25) is 4.79 Å². The van der Waals surface area contributed by atoms with Gasteiger partial charge in [0.25, 0.3) is 5.91 Å². The van der Waals surface area contributed by atoms with Crippen LogP contribution in [0.3, 0.4) is 0 Å². The Morgan fingerprint density at radius 1 is 1.15 bits per heavy atom. The summed E-state index contributed by atoms with van der Waals surface area (Å²) in [6, 6.07) is 6.42. The molecule has 1 aromatic rings. The lowest BCUT2D eigenvalue weighted by Crippen LogP contribution is -2.42. The number of hydrogen-bond donors (Lipinski definition) is 2. The van der Waals surface area contributed by atoms with Crippen LogP contribution in [-0.2, 0) is 10.0 Å². The zero-order valence-electron chi connectivity index (χ0n) is 15.4. The Bertz CT molecular complexity index is 733. The third-order valence-corrected chi connectivity index (χ3v) is 7.77. The van der Waals surface area contributed by atoms with E-state index < -0.39 is 10.0 Å². The van der Waals surface area contributed by atoms with Crippen LogP contribution in [0.5, 0.6) is 0 Å². The van der Waals surface area contributed by atoms with E-state index in [0.29, 0.717) is 24.6 Å². The van der Waals surface area contributed by atoms with E-state index in [-0.39, 0.29) is 22.9 Å². The monoisotopic (exact) mass is 379 g/mol. The molecule has 3 unspecified atom stereocenters. The topological polar surface area (TPSA) is 92.5 Å². The molecule has 1 amide bonds. The molecule has 3 rings (SSSR count). The first-order valence-electron chi connectivity index (χ1n) is 9.56. The Kier molecular flexibility index (Phi) is 5.99. The summed E-state index contributed by atoms with van der Waals surface area (Å²) in [5, 5.41) is 3.05. The lowest BCUT2D eigenvalue weighted by Gasteiger charge is -2.32. The molecule has 0 aromatic heterocycles. The molecule has 7 heteroatoms. The molecule has 1 aliphatic heterocycles. The van der Waals surface area contributed by atoms with Gasteiger partial charge >= 0.3 is 0 Å². The zero-order chi connectivity index (χ0) is 18.7. The predicted octanol–water partition coefficient (Wildman–Crippen LogP) is 2.11. The van der Waals surface area contributed by atoms with E-state index in [1.165, 1.54) is 0 Å². The second-order valence-corrected chi connectivity index (χ2v) is 9.38. The van der Waals surface area contributed by atoms with Crippen molar-refractivity contribution in [1.82, 2.24) is 9.62 Å². The van der Waals surface area contributed by atoms with Gasteiger partial charge in [-0.1, -0.05) is 12.8 Å². The molecule has 2 fully saturated rings. The normalized spacial score (nSPS) is 27.4. The number of rotatable bonds is 5. The third-order valence-electron chi connectivity index (χ3n) is 5.74. The minimum Gasteiger partial charge on any atom is -0.349 e. The van der Waals surface area contributed by atoms with Crippen LogP contribution in [0.15, 0.2) is 29.2 Å². The quantitative estimate of drug-likeness (QED) is 0.819. The SMILES string of the molecule is CC1CCCCN1S(=O)(=O)c1ccc(C(=O)NC2CCCC2CN)cc1. The van der Waals surface area contributed by atoms with Gasteiger partial charge in [-0.25, -0.2) is 8.42 Å². The number of nitrogens with two attached hydrogens (primary N) is 1. The average molecular weight is 380 g/mol. The molecule has 0 spiro atoms. The molecular weight excluding hydrogens is 350 g/mol. The number of benzene rings is 1. The number of amides is 1. The van der Waals surface area contributed by atoms with Crippen LogP contribution in [0, 0.1) is 5.92 Å². The van der Waals surface area contributed by atoms with Crippen molar-refractivity contribution in [1.29, 1.82) is 0 Å². The van der Waals surface area contributed by atoms with Gasteiger partial charge in [0.05, 0.1) is 4.90 Å². The first-order valence-corrected chi connectivity index (χ1v) is 11.0. The molecule has 26 heavy (non-hydrogen) atoms. The van der Waals surface area contributed by atoms with E-state index >= 15 is 0 Å². The first kappa shape index (κ1) is 19.3. The predicted molar refractivity (Wildman–Crippen MR) is 101 cm³/mol. The maximum absolute atomic E-state index is 12.9. The fourth-order valence-electron chi connectivity index (χ4n) is 4.10. The van der Waals surface area contributed by atoms with Gasteiger partial charge < -0.3 is 11.1 Å². The Balaban J connectivity index is 1.70. The van der Waals surface area contributed by atoms with Crippen LogP contribution in [0.1, 0.15) is 55.8 Å². The molecule has 3 atom stereocenters. The maximum Gasteiger partial charge on any atom is 0.251 e. The van der Waals surface area contributed by atoms with Crippen molar-refractivity contribution < 1.29 is 13.2 Å². The van der Waals surface area contributed by atoms with Gasteiger partial charge in [0.1, 0.15) is 0 Å². The minimum absolute atomic E-state index is 0.0206. The summed E-state index contributed by atoms with van der Waals surface area (Å²) in [6.45, 7) is 3.10. The summed E-state index contributed by atoms with van der Waals surface area (Å²) in [7, 11) is -3.50. The maximum atomic E-state index is 12.9. The van der Waals surface area contributed by atoms with E-state index in [1.54, 1.807) is 28.6 Å². The van der Waals surface area contributed by atoms with E-state index in [2.05, 4.69) is 5.32 Å². The Hall–Kier alpha value is -1.44. The summed E-state index contributed by atoms with van der Waals surface area (Å²) in [6.07, 6.45) is 5.94. The van der Waals surface area contributed by atoms with E-state index in [4.69, 9.17) is 5.73 Å². The molecule has 1 heterocycles. The molecule has 144 valence electrons. The highest BCUT2D eigenvalue weighted by atomic mass is 32.2. The van der Waals surface area contributed by atoms with Gasteiger partial charge in [0.2, 0.25) is 10.0 Å². The molecule has 3 N–H and O–H groups in total. The molecule has 1 saturated carbocycles. The van der Waals surface area contributed by atoms with Crippen LogP contribution in [0.25, 0.3) is 0 Å². The van der Waals surface area contributed by atoms with E-state index in [1.807, 2.05) is 6.92 Å².